The monoisotopic (exact) mass is 191 g/mol. The van der Waals surface area contributed by atoms with Crippen molar-refractivity contribution in [1.29, 1.82) is 0 Å². The van der Waals surface area contributed by atoms with Crippen LogP contribution < -0.4 is 0 Å². The van der Waals surface area contributed by atoms with E-state index in [1.807, 2.05) is 0 Å². The number of aromatic nitrogens is 3. The Balaban J connectivity index is 2.50. The summed E-state index contributed by atoms with van der Waals surface area (Å²) < 4.78 is 4.73. The first-order chi connectivity index (χ1) is 6.70. The summed E-state index contributed by atoms with van der Waals surface area (Å²) in [6.07, 6.45) is 3.09. The molecule has 2 rings (SSSR count). The minimum Gasteiger partial charge on any atom is -0.434 e. The van der Waals surface area contributed by atoms with Crippen molar-refractivity contribution in [3.8, 4) is 0 Å². The lowest BCUT2D eigenvalue weighted by Crippen LogP contribution is -2.12. The molecule has 1 aromatic rings. The van der Waals surface area contributed by atoms with Gasteiger partial charge in [0.05, 0.1) is 17.6 Å². The van der Waals surface area contributed by atoms with E-state index < -0.39 is 0 Å². The molecule has 0 fully saturated rings. The fraction of sp³-hybridized carbons (Fsp3) is 0.333. The Hall–Kier alpha value is -1.78. The second-order valence-corrected chi connectivity index (χ2v) is 3.12. The van der Waals surface area contributed by atoms with Crippen LogP contribution in [-0.2, 0) is 9.53 Å². The van der Waals surface area contributed by atoms with Crippen molar-refractivity contribution in [1.82, 2.24) is 15.4 Å². The third-order valence-corrected chi connectivity index (χ3v) is 2.19. The Morgan fingerprint density at radius 1 is 1.29 bits per heavy atom. The highest BCUT2D eigenvalue weighted by Gasteiger charge is 2.27. The zero-order chi connectivity index (χ0) is 10.1. The first kappa shape index (κ1) is 8.80. The Morgan fingerprint density at radius 3 is 2.43 bits per heavy atom. The van der Waals surface area contributed by atoms with Gasteiger partial charge in [0.25, 0.3) is 0 Å². The number of rotatable bonds is 1. The number of aryl methyl sites for hydroxylation is 2. The van der Waals surface area contributed by atoms with Crippen molar-refractivity contribution >= 4 is 5.97 Å². The highest BCUT2D eigenvalue weighted by atomic mass is 16.5. The van der Waals surface area contributed by atoms with Gasteiger partial charge in [-0.1, -0.05) is 0 Å². The second-order valence-electron chi connectivity index (χ2n) is 3.12. The molecule has 0 aliphatic carbocycles. The second kappa shape index (κ2) is 3.17. The van der Waals surface area contributed by atoms with Crippen LogP contribution in [0.3, 0.4) is 0 Å². The number of hydrogen-bond donors (Lipinski definition) is 0. The molecule has 0 saturated heterocycles. The SMILES string of the molecule is Cc1nnnc(C)c1C1C=COC1=O. The molecule has 5 nitrogen and oxygen atoms in total. The highest BCUT2D eigenvalue weighted by molar-refractivity contribution is 5.83. The lowest BCUT2D eigenvalue weighted by atomic mass is 9.98. The highest BCUT2D eigenvalue weighted by Crippen LogP contribution is 2.26. The molecule has 2 heterocycles. The quantitative estimate of drug-likeness (QED) is 0.609. The summed E-state index contributed by atoms with van der Waals surface area (Å²) in [5.41, 5.74) is 2.22. The fourth-order valence-electron chi connectivity index (χ4n) is 1.53. The summed E-state index contributed by atoms with van der Waals surface area (Å²) in [6.45, 7) is 3.60. The molecule has 0 aromatic carbocycles. The lowest BCUT2D eigenvalue weighted by Gasteiger charge is -2.09. The van der Waals surface area contributed by atoms with E-state index in [2.05, 4.69) is 15.4 Å². The fourth-order valence-corrected chi connectivity index (χ4v) is 1.53. The van der Waals surface area contributed by atoms with Gasteiger partial charge in [0, 0.05) is 5.56 Å². The van der Waals surface area contributed by atoms with Gasteiger partial charge in [-0.2, -0.15) is 0 Å². The zero-order valence-corrected chi connectivity index (χ0v) is 7.89. The number of esters is 1. The number of ether oxygens (including phenoxy) is 1. The minimum absolute atomic E-state index is 0.286. The van der Waals surface area contributed by atoms with Crippen LogP contribution in [0.5, 0.6) is 0 Å². The van der Waals surface area contributed by atoms with E-state index in [4.69, 9.17) is 4.74 Å². The van der Waals surface area contributed by atoms with Crippen molar-refractivity contribution in [3.63, 3.8) is 0 Å². The molecule has 1 atom stereocenters. The summed E-state index contributed by atoms with van der Waals surface area (Å²) in [6, 6.07) is 0. The van der Waals surface area contributed by atoms with Crippen LogP contribution in [0.4, 0.5) is 0 Å². The first-order valence-corrected chi connectivity index (χ1v) is 4.24. The standard InChI is InChI=1S/C9H9N3O2/c1-5-8(6(2)11-12-10-5)7-3-4-14-9(7)13/h3-4,7H,1-2H3. The van der Waals surface area contributed by atoms with Crippen LogP contribution in [0.25, 0.3) is 0 Å². The molecule has 1 aliphatic heterocycles. The van der Waals surface area contributed by atoms with Crippen molar-refractivity contribution in [2.24, 2.45) is 0 Å². The number of hydrogen-bond acceptors (Lipinski definition) is 5. The molecule has 0 bridgehead atoms. The molecule has 1 aliphatic rings. The topological polar surface area (TPSA) is 65.0 Å². The molecule has 0 N–H and O–H groups in total. The van der Waals surface area contributed by atoms with E-state index in [1.165, 1.54) is 6.26 Å². The molecule has 1 unspecified atom stereocenters. The van der Waals surface area contributed by atoms with Crippen LogP contribution in [0.15, 0.2) is 12.3 Å². The van der Waals surface area contributed by atoms with E-state index in [-0.39, 0.29) is 11.9 Å². The zero-order valence-electron chi connectivity index (χ0n) is 7.89. The van der Waals surface area contributed by atoms with E-state index >= 15 is 0 Å². The van der Waals surface area contributed by atoms with Gasteiger partial charge >= 0.3 is 5.97 Å². The van der Waals surface area contributed by atoms with E-state index in [0.717, 1.165) is 5.56 Å². The minimum atomic E-state index is -0.377. The smallest absolute Gasteiger partial charge is 0.322 e. The van der Waals surface area contributed by atoms with Crippen LogP contribution in [0.2, 0.25) is 0 Å². The predicted octanol–water partition coefficient (Wildman–Crippen LogP) is 0.643. The molecule has 1 aromatic heterocycles. The molecule has 5 heteroatoms. The van der Waals surface area contributed by atoms with Gasteiger partial charge in [0.2, 0.25) is 0 Å². The normalized spacial score (nSPS) is 19.9. The largest absolute Gasteiger partial charge is 0.434 e. The summed E-state index contributed by atoms with van der Waals surface area (Å²) >= 11 is 0. The lowest BCUT2D eigenvalue weighted by molar-refractivity contribution is -0.136. The van der Waals surface area contributed by atoms with Crippen LogP contribution in [0.1, 0.15) is 22.9 Å². The summed E-state index contributed by atoms with van der Waals surface area (Å²) in [5, 5.41) is 11.2. The number of carbonyl (C=O) groups is 1. The van der Waals surface area contributed by atoms with E-state index in [9.17, 15) is 4.79 Å². The predicted molar refractivity (Wildman–Crippen MR) is 47.3 cm³/mol. The van der Waals surface area contributed by atoms with Gasteiger partial charge < -0.3 is 4.74 Å². The molecular weight excluding hydrogens is 182 g/mol. The maximum absolute atomic E-state index is 11.3. The molecule has 14 heavy (non-hydrogen) atoms. The van der Waals surface area contributed by atoms with Gasteiger partial charge in [-0.15, -0.1) is 10.2 Å². The van der Waals surface area contributed by atoms with Crippen LogP contribution in [-0.4, -0.2) is 21.4 Å². The van der Waals surface area contributed by atoms with Gasteiger partial charge in [-0.05, 0) is 25.1 Å². The molecule has 0 saturated carbocycles. The Labute approximate surface area is 80.8 Å². The van der Waals surface area contributed by atoms with Crippen molar-refractivity contribution in [2.45, 2.75) is 19.8 Å². The Kier molecular flexibility index (Phi) is 1.99. The van der Waals surface area contributed by atoms with Gasteiger partial charge in [0.15, 0.2) is 0 Å². The van der Waals surface area contributed by atoms with Crippen molar-refractivity contribution in [2.75, 3.05) is 0 Å². The van der Waals surface area contributed by atoms with E-state index in [0.29, 0.717) is 11.4 Å². The number of nitrogens with zero attached hydrogens (tertiary/aromatic N) is 3. The van der Waals surface area contributed by atoms with Gasteiger partial charge in [0.1, 0.15) is 5.92 Å². The third-order valence-electron chi connectivity index (χ3n) is 2.19. The van der Waals surface area contributed by atoms with Crippen LogP contribution in [0, 0.1) is 13.8 Å². The summed E-state index contributed by atoms with van der Waals surface area (Å²) in [5.74, 6) is -0.663. The average Bonchev–Trinajstić information content (AvgIpc) is 2.52. The Bertz CT molecular complexity index is 394. The van der Waals surface area contributed by atoms with Crippen molar-refractivity contribution < 1.29 is 9.53 Å². The van der Waals surface area contributed by atoms with Gasteiger partial charge in [-0.3, -0.25) is 4.79 Å². The molecule has 72 valence electrons. The average molecular weight is 191 g/mol. The van der Waals surface area contributed by atoms with Gasteiger partial charge in [-0.25, -0.2) is 0 Å². The summed E-state index contributed by atoms with van der Waals surface area (Å²) in [4.78, 5) is 11.3. The molecule has 0 spiro atoms. The van der Waals surface area contributed by atoms with E-state index in [1.54, 1.807) is 19.9 Å². The third kappa shape index (κ3) is 1.26. The maximum Gasteiger partial charge on any atom is 0.322 e. The molecule has 0 amide bonds. The van der Waals surface area contributed by atoms with Crippen LogP contribution >= 0.6 is 0 Å². The van der Waals surface area contributed by atoms with Crippen molar-refractivity contribution in [3.05, 3.63) is 29.3 Å². The first-order valence-electron chi connectivity index (χ1n) is 4.24. The molecular formula is C9H9N3O2. The molecule has 0 radical (unpaired) electrons. The number of carbonyl (C=O) groups excluding carboxylic acids is 1. The number of cyclic esters (lactones) is 1. The summed E-state index contributed by atoms with van der Waals surface area (Å²) in [7, 11) is 0. The Morgan fingerprint density at radius 2 is 1.93 bits per heavy atom. The maximum atomic E-state index is 11.3.